The average Bonchev–Trinajstić information content (AvgIpc) is 2.35. The molecule has 0 aromatic carbocycles. The van der Waals surface area contributed by atoms with Crippen molar-refractivity contribution >= 4 is 11.3 Å². The van der Waals surface area contributed by atoms with E-state index in [0.29, 0.717) is 5.92 Å². The van der Waals surface area contributed by atoms with Gasteiger partial charge in [0.05, 0.1) is 5.01 Å². The van der Waals surface area contributed by atoms with Crippen LogP contribution in [-0.2, 0) is 0 Å². The van der Waals surface area contributed by atoms with Crippen LogP contribution >= 0.6 is 11.3 Å². The van der Waals surface area contributed by atoms with Gasteiger partial charge in [-0.05, 0) is 12.3 Å². The molecule has 11 heavy (non-hydrogen) atoms. The summed E-state index contributed by atoms with van der Waals surface area (Å²) in [4.78, 5) is 4.29. The number of thiazole rings is 1. The highest BCUT2D eigenvalue weighted by atomic mass is 32.1. The van der Waals surface area contributed by atoms with E-state index in [-0.39, 0.29) is 0 Å². The molecule has 0 saturated heterocycles. The third-order valence-electron chi connectivity index (χ3n) is 1.70. The van der Waals surface area contributed by atoms with Crippen LogP contribution in [-0.4, -0.2) is 4.98 Å². The van der Waals surface area contributed by atoms with Crippen molar-refractivity contribution in [2.24, 2.45) is 5.92 Å². The highest BCUT2D eigenvalue weighted by molar-refractivity contribution is 7.09. The van der Waals surface area contributed by atoms with Crippen LogP contribution in [0.4, 0.5) is 0 Å². The monoisotopic (exact) mass is 169 g/mol. The molecule has 0 spiro atoms. The van der Waals surface area contributed by atoms with Gasteiger partial charge in [0.15, 0.2) is 0 Å². The Bertz CT molecular complexity index is 191. The molecule has 0 fully saturated rings. The molecule has 1 aromatic heterocycles. The van der Waals surface area contributed by atoms with E-state index in [1.54, 1.807) is 11.3 Å². The Balaban J connectivity index is 2.49. The maximum atomic E-state index is 4.29. The molecule has 0 aliphatic heterocycles. The van der Waals surface area contributed by atoms with Crippen molar-refractivity contribution in [1.29, 1.82) is 0 Å². The Labute approximate surface area is 72.5 Å². The van der Waals surface area contributed by atoms with Gasteiger partial charge in [-0.25, -0.2) is 4.98 Å². The summed E-state index contributed by atoms with van der Waals surface area (Å²) < 4.78 is 0. The summed E-state index contributed by atoms with van der Waals surface area (Å²) in [5.74, 6) is 1.41. The standard InChI is InChI=1S/C9H15NS/c1-7(2)6-8(3)9-10-4-5-11-9/h4-5,7-8H,6H2,1-3H3. The normalized spacial score (nSPS) is 13.8. The lowest BCUT2D eigenvalue weighted by Gasteiger charge is -2.09. The van der Waals surface area contributed by atoms with Crippen molar-refractivity contribution in [3.8, 4) is 0 Å². The largest absolute Gasteiger partial charge is 0.249 e. The van der Waals surface area contributed by atoms with E-state index >= 15 is 0 Å². The molecule has 62 valence electrons. The summed E-state index contributed by atoms with van der Waals surface area (Å²) >= 11 is 1.76. The summed E-state index contributed by atoms with van der Waals surface area (Å²) in [5, 5.41) is 3.32. The summed E-state index contributed by atoms with van der Waals surface area (Å²) in [6.45, 7) is 6.76. The summed E-state index contributed by atoms with van der Waals surface area (Å²) in [7, 11) is 0. The van der Waals surface area contributed by atoms with Gasteiger partial charge in [0.2, 0.25) is 0 Å². The van der Waals surface area contributed by atoms with Gasteiger partial charge in [0.1, 0.15) is 0 Å². The predicted molar refractivity (Wildman–Crippen MR) is 50.0 cm³/mol. The topological polar surface area (TPSA) is 12.9 Å². The van der Waals surface area contributed by atoms with Gasteiger partial charge >= 0.3 is 0 Å². The predicted octanol–water partition coefficient (Wildman–Crippen LogP) is 3.29. The second kappa shape index (κ2) is 3.86. The molecule has 0 N–H and O–H groups in total. The minimum absolute atomic E-state index is 0.634. The molecule has 1 unspecified atom stereocenters. The highest BCUT2D eigenvalue weighted by Gasteiger charge is 2.09. The first-order valence-corrected chi connectivity index (χ1v) is 4.97. The van der Waals surface area contributed by atoms with Gasteiger partial charge in [0.25, 0.3) is 0 Å². The molecule has 2 heteroatoms. The quantitative estimate of drug-likeness (QED) is 0.676. The minimum atomic E-state index is 0.634. The summed E-state index contributed by atoms with van der Waals surface area (Å²) in [6, 6.07) is 0. The van der Waals surface area contributed by atoms with E-state index in [4.69, 9.17) is 0 Å². The van der Waals surface area contributed by atoms with Gasteiger partial charge < -0.3 is 0 Å². The van der Waals surface area contributed by atoms with Crippen molar-refractivity contribution in [3.05, 3.63) is 16.6 Å². The third-order valence-corrected chi connectivity index (χ3v) is 2.71. The Morgan fingerprint density at radius 2 is 2.18 bits per heavy atom. The molecule has 1 atom stereocenters. The maximum Gasteiger partial charge on any atom is 0.0953 e. The van der Waals surface area contributed by atoms with Gasteiger partial charge in [-0.3, -0.25) is 0 Å². The SMILES string of the molecule is CC(C)CC(C)c1nccs1. The van der Waals surface area contributed by atoms with E-state index in [9.17, 15) is 0 Å². The lowest BCUT2D eigenvalue weighted by molar-refractivity contribution is 0.522. The van der Waals surface area contributed by atoms with Crippen molar-refractivity contribution in [2.75, 3.05) is 0 Å². The molecular formula is C9H15NS. The smallest absolute Gasteiger partial charge is 0.0953 e. The minimum Gasteiger partial charge on any atom is -0.249 e. The molecule has 1 aromatic rings. The zero-order chi connectivity index (χ0) is 8.27. The van der Waals surface area contributed by atoms with Gasteiger partial charge in [-0.1, -0.05) is 20.8 Å². The van der Waals surface area contributed by atoms with Gasteiger partial charge in [-0.15, -0.1) is 11.3 Å². The fraction of sp³-hybridized carbons (Fsp3) is 0.667. The third kappa shape index (κ3) is 2.62. The van der Waals surface area contributed by atoms with E-state index < -0.39 is 0 Å². The molecule has 0 radical (unpaired) electrons. The van der Waals surface area contributed by atoms with Crippen LogP contribution in [0.25, 0.3) is 0 Å². The number of aromatic nitrogens is 1. The second-order valence-electron chi connectivity index (χ2n) is 3.40. The fourth-order valence-electron chi connectivity index (χ4n) is 1.29. The number of hydrogen-bond acceptors (Lipinski definition) is 2. The highest BCUT2D eigenvalue weighted by Crippen LogP contribution is 2.24. The van der Waals surface area contributed by atoms with Gasteiger partial charge in [0, 0.05) is 17.5 Å². The number of nitrogens with zero attached hydrogens (tertiary/aromatic N) is 1. The van der Waals surface area contributed by atoms with Crippen molar-refractivity contribution in [3.63, 3.8) is 0 Å². The Hall–Kier alpha value is -0.370. The maximum absolute atomic E-state index is 4.29. The lowest BCUT2D eigenvalue weighted by Crippen LogP contribution is -1.97. The average molecular weight is 169 g/mol. The zero-order valence-electron chi connectivity index (χ0n) is 7.37. The number of rotatable bonds is 3. The van der Waals surface area contributed by atoms with Crippen LogP contribution < -0.4 is 0 Å². The van der Waals surface area contributed by atoms with Crippen LogP contribution in [0.15, 0.2) is 11.6 Å². The molecule has 1 heterocycles. The fourth-order valence-corrected chi connectivity index (χ4v) is 2.00. The van der Waals surface area contributed by atoms with Crippen LogP contribution in [0.3, 0.4) is 0 Å². The first kappa shape index (κ1) is 8.72. The zero-order valence-corrected chi connectivity index (χ0v) is 8.19. The molecule has 0 aliphatic carbocycles. The second-order valence-corrected chi connectivity index (χ2v) is 4.33. The Morgan fingerprint density at radius 3 is 2.64 bits per heavy atom. The first-order chi connectivity index (χ1) is 5.20. The van der Waals surface area contributed by atoms with Crippen LogP contribution in [0.5, 0.6) is 0 Å². The van der Waals surface area contributed by atoms with E-state index in [2.05, 4.69) is 25.8 Å². The molecule has 1 nitrogen and oxygen atoms in total. The van der Waals surface area contributed by atoms with Crippen LogP contribution in [0.1, 0.15) is 38.1 Å². The van der Waals surface area contributed by atoms with Crippen molar-refractivity contribution in [1.82, 2.24) is 4.98 Å². The molecule has 0 bridgehead atoms. The molecular weight excluding hydrogens is 154 g/mol. The van der Waals surface area contributed by atoms with Crippen LogP contribution in [0, 0.1) is 5.92 Å². The summed E-state index contributed by atoms with van der Waals surface area (Å²) in [6.07, 6.45) is 3.13. The molecule has 0 amide bonds. The lowest BCUT2D eigenvalue weighted by atomic mass is 10.00. The molecule has 0 saturated carbocycles. The number of hydrogen-bond donors (Lipinski definition) is 0. The first-order valence-electron chi connectivity index (χ1n) is 4.09. The van der Waals surface area contributed by atoms with Gasteiger partial charge in [-0.2, -0.15) is 0 Å². The molecule has 0 aliphatic rings. The van der Waals surface area contributed by atoms with E-state index in [1.165, 1.54) is 11.4 Å². The van der Waals surface area contributed by atoms with E-state index in [0.717, 1.165) is 5.92 Å². The Kier molecular flexibility index (Phi) is 3.06. The van der Waals surface area contributed by atoms with Crippen molar-refractivity contribution in [2.45, 2.75) is 33.1 Å². The molecule has 1 rings (SSSR count). The van der Waals surface area contributed by atoms with Crippen LogP contribution in [0.2, 0.25) is 0 Å². The van der Waals surface area contributed by atoms with E-state index in [1.807, 2.05) is 11.6 Å². The van der Waals surface area contributed by atoms with Crippen molar-refractivity contribution < 1.29 is 0 Å². The Morgan fingerprint density at radius 1 is 1.45 bits per heavy atom. The summed E-state index contributed by atoms with van der Waals surface area (Å²) in [5.41, 5.74) is 0.